The van der Waals surface area contributed by atoms with E-state index in [9.17, 15) is 0 Å². The summed E-state index contributed by atoms with van der Waals surface area (Å²) < 4.78 is 11.2. The van der Waals surface area contributed by atoms with Gasteiger partial charge in [-0.3, -0.25) is 0 Å². The van der Waals surface area contributed by atoms with Crippen molar-refractivity contribution in [2.75, 3.05) is 27.3 Å². The van der Waals surface area contributed by atoms with E-state index in [-0.39, 0.29) is 5.92 Å². The van der Waals surface area contributed by atoms with Gasteiger partial charge in [0.15, 0.2) is 16.6 Å². The summed E-state index contributed by atoms with van der Waals surface area (Å²) in [6.45, 7) is 3.61. The highest BCUT2D eigenvalue weighted by Gasteiger charge is 2.23. The fraction of sp³-hybridized carbons (Fsp3) is 0.318. The first-order valence-electron chi connectivity index (χ1n) is 9.48. The van der Waals surface area contributed by atoms with Crippen molar-refractivity contribution in [3.63, 3.8) is 0 Å². The number of hydrogen-bond acceptors (Lipinski definition) is 3. The normalized spacial score (nSPS) is 11.8. The van der Waals surface area contributed by atoms with Crippen molar-refractivity contribution in [2.45, 2.75) is 19.3 Å². The summed E-state index contributed by atoms with van der Waals surface area (Å²) in [5.41, 5.74) is 3.35. The summed E-state index contributed by atoms with van der Waals surface area (Å²) in [4.78, 5) is 3.38. The van der Waals surface area contributed by atoms with E-state index in [0.29, 0.717) is 11.7 Å². The molecule has 0 aliphatic carbocycles. The highest BCUT2D eigenvalue weighted by Crippen LogP contribution is 2.40. The van der Waals surface area contributed by atoms with Crippen LogP contribution in [0.25, 0.3) is 10.9 Å². The Bertz CT molecular complexity index is 938. The zero-order chi connectivity index (χ0) is 19.9. The summed E-state index contributed by atoms with van der Waals surface area (Å²) in [5.74, 6) is 1.49. The molecule has 0 unspecified atom stereocenters. The van der Waals surface area contributed by atoms with E-state index in [2.05, 4.69) is 53.0 Å². The van der Waals surface area contributed by atoms with Crippen molar-refractivity contribution >= 4 is 28.2 Å². The lowest BCUT2D eigenvalue weighted by Crippen LogP contribution is -2.38. The predicted octanol–water partition coefficient (Wildman–Crippen LogP) is 4.19. The van der Waals surface area contributed by atoms with E-state index in [1.807, 2.05) is 18.2 Å². The van der Waals surface area contributed by atoms with Gasteiger partial charge in [0.25, 0.3) is 0 Å². The van der Waals surface area contributed by atoms with Gasteiger partial charge in [-0.1, -0.05) is 37.3 Å². The molecule has 3 rings (SSSR count). The molecule has 6 heteroatoms. The minimum absolute atomic E-state index is 0.0302. The molecule has 0 aliphatic heterocycles. The summed E-state index contributed by atoms with van der Waals surface area (Å²) in [5, 5.41) is 8.44. The number of para-hydroxylation sites is 2. The Balaban J connectivity index is 2.01. The van der Waals surface area contributed by atoms with Gasteiger partial charge in [-0.15, -0.1) is 0 Å². The summed E-state index contributed by atoms with van der Waals surface area (Å²) in [6, 6.07) is 14.3. The molecule has 0 spiro atoms. The SMILES string of the molecule is CCCNC(=S)NC[C@@H](c1cccc(OC)c1OC)c1c[nH]c2ccccc12. The molecule has 3 N–H and O–H groups in total. The predicted molar refractivity (Wildman–Crippen MR) is 119 cm³/mol. The lowest BCUT2D eigenvalue weighted by atomic mass is 9.90. The molecular weight excluding hydrogens is 370 g/mol. The average Bonchev–Trinajstić information content (AvgIpc) is 3.16. The maximum absolute atomic E-state index is 5.72. The molecule has 148 valence electrons. The molecule has 0 radical (unpaired) electrons. The third-order valence-corrected chi connectivity index (χ3v) is 5.10. The topological polar surface area (TPSA) is 58.3 Å². The Kier molecular flexibility index (Phi) is 6.76. The molecule has 1 heterocycles. The number of hydrogen-bond donors (Lipinski definition) is 3. The van der Waals surface area contributed by atoms with Crippen LogP contribution in [0.4, 0.5) is 0 Å². The monoisotopic (exact) mass is 397 g/mol. The molecule has 28 heavy (non-hydrogen) atoms. The standard InChI is InChI=1S/C22H27N3O2S/c1-4-12-23-22(28)25-14-18(16-9-7-11-20(26-2)21(16)27-3)17-13-24-19-10-6-5-8-15(17)19/h5-11,13,18,24H,4,12,14H2,1-3H3,(H2,23,25,28)/t18-/m0/s1. The van der Waals surface area contributed by atoms with Gasteiger partial charge >= 0.3 is 0 Å². The minimum atomic E-state index is 0.0302. The van der Waals surface area contributed by atoms with Gasteiger partial charge in [0.2, 0.25) is 0 Å². The van der Waals surface area contributed by atoms with Crippen LogP contribution in [0.2, 0.25) is 0 Å². The van der Waals surface area contributed by atoms with Gasteiger partial charge in [-0.2, -0.15) is 0 Å². The molecule has 0 saturated carbocycles. The van der Waals surface area contributed by atoms with Crippen LogP contribution in [-0.2, 0) is 0 Å². The van der Waals surface area contributed by atoms with E-state index in [0.717, 1.165) is 35.5 Å². The summed E-state index contributed by atoms with van der Waals surface area (Å²) in [6.07, 6.45) is 3.09. The Hall–Kier alpha value is -2.73. The Labute approximate surface area is 171 Å². The zero-order valence-electron chi connectivity index (χ0n) is 16.5. The second kappa shape index (κ2) is 9.46. The Morgan fingerprint density at radius 1 is 1.04 bits per heavy atom. The molecule has 0 fully saturated rings. The number of rotatable bonds is 8. The van der Waals surface area contributed by atoms with Gasteiger partial charge in [-0.25, -0.2) is 0 Å². The quantitative estimate of drug-likeness (QED) is 0.498. The Morgan fingerprint density at radius 3 is 2.61 bits per heavy atom. The van der Waals surface area contributed by atoms with Crippen molar-refractivity contribution in [3.05, 3.63) is 59.8 Å². The first kappa shape index (κ1) is 20.0. The third-order valence-electron chi connectivity index (χ3n) is 4.81. The highest BCUT2D eigenvalue weighted by atomic mass is 32.1. The molecule has 5 nitrogen and oxygen atoms in total. The van der Waals surface area contributed by atoms with E-state index in [1.54, 1.807) is 14.2 Å². The number of fused-ring (bicyclic) bond motifs is 1. The minimum Gasteiger partial charge on any atom is -0.493 e. The van der Waals surface area contributed by atoms with Gasteiger partial charge < -0.3 is 25.1 Å². The molecule has 0 bridgehead atoms. The zero-order valence-corrected chi connectivity index (χ0v) is 17.4. The van der Waals surface area contributed by atoms with Gasteiger partial charge in [0.1, 0.15) is 0 Å². The molecule has 0 saturated heterocycles. The average molecular weight is 398 g/mol. The summed E-state index contributed by atoms with van der Waals surface area (Å²) >= 11 is 5.44. The third kappa shape index (κ3) is 4.22. The Morgan fingerprint density at radius 2 is 1.86 bits per heavy atom. The van der Waals surface area contributed by atoms with Crippen molar-refractivity contribution in [2.24, 2.45) is 0 Å². The van der Waals surface area contributed by atoms with E-state index in [4.69, 9.17) is 21.7 Å². The molecule has 0 amide bonds. The van der Waals surface area contributed by atoms with Crippen molar-refractivity contribution in [3.8, 4) is 11.5 Å². The van der Waals surface area contributed by atoms with E-state index >= 15 is 0 Å². The smallest absolute Gasteiger partial charge is 0.166 e. The number of H-pyrrole nitrogens is 1. The van der Waals surface area contributed by atoms with Crippen LogP contribution in [-0.4, -0.2) is 37.4 Å². The van der Waals surface area contributed by atoms with Crippen molar-refractivity contribution in [1.82, 2.24) is 15.6 Å². The van der Waals surface area contributed by atoms with Crippen LogP contribution in [0, 0.1) is 0 Å². The number of benzene rings is 2. The van der Waals surface area contributed by atoms with Crippen LogP contribution < -0.4 is 20.1 Å². The van der Waals surface area contributed by atoms with Gasteiger partial charge in [0, 0.05) is 41.7 Å². The molecule has 0 aliphatic rings. The molecular formula is C22H27N3O2S. The fourth-order valence-electron chi connectivity index (χ4n) is 3.45. The maximum Gasteiger partial charge on any atom is 0.166 e. The maximum atomic E-state index is 5.72. The summed E-state index contributed by atoms with van der Waals surface area (Å²) in [7, 11) is 3.33. The van der Waals surface area contributed by atoms with Crippen LogP contribution >= 0.6 is 12.2 Å². The molecule has 3 aromatic rings. The number of ether oxygens (including phenoxy) is 2. The highest BCUT2D eigenvalue weighted by molar-refractivity contribution is 7.80. The van der Waals surface area contributed by atoms with Crippen LogP contribution in [0.1, 0.15) is 30.4 Å². The molecule has 2 aromatic carbocycles. The van der Waals surface area contributed by atoms with E-state index in [1.165, 1.54) is 10.9 Å². The van der Waals surface area contributed by atoms with E-state index < -0.39 is 0 Å². The number of thiocarbonyl (C=S) groups is 1. The first-order valence-corrected chi connectivity index (χ1v) is 9.89. The fourth-order valence-corrected chi connectivity index (χ4v) is 3.64. The number of methoxy groups -OCH3 is 2. The number of aromatic nitrogens is 1. The largest absolute Gasteiger partial charge is 0.493 e. The number of nitrogens with one attached hydrogen (secondary N) is 3. The van der Waals surface area contributed by atoms with Crippen LogP contribution in [0.3, 0.4) is 0 Å². The number of aromatic amines is 1. The van der Waals surface area contributed by atoms with Gasteiger partial charge in [0.05, 0.1) is 14.2 Å². The van der Waals surface area contributed by atoms with Crippen LogP contribution in [0.15, 0.2) is 48.7 Å². The second-order valence-corrected chi connectivity index (χ2v) is 6.97. The lowest BCUT2D eigenvalue weighted by molar-refractivity contribution is 0.350. The van der Waals surface area contributed by atoms with Crippen molar-refractivity contribution in [1.29, 1.82) is 0 Å². The van der Waals surface area contributed by atoms with Crippen LogP contribution in [0.5, 0.6) is 11.5 Å². The second-order valence-electron chi connectivity index (χ2n) is 6.56. The van der Waals surface area contributed by atoms with Crippen molar-refractivity contribution < 1.29 is 9.47 Å². The molecule has 1 aromatic heterocycles. The van der Waals surface area contributed by atoms with Gasteiger partial charge in [-0.05, 0) is 36.3 Å². The first-order chi connectivity index (χ1) is 13.7. The molecule has 1 atom stereocenters. The lowest BCUT2D eigenvalue weighted by Gasteiger charge is -2.22.